The van der Waals surface area contributed by atoms with Gasteiger partial charge in [-0.2, -0.15) is 0 Å². The fraction of sp³-hybridized carbons (Fsp3) is 0.462. The molecule has 1 atom stereocenters. The standard InChI is InChI=1S/C13H18ClNO2S/c1-9(2)11(7-16)15-13(17)8-18-12-6-4-3-5-10(12)14/h3-6,9,11,16H,7-8H2,1-2H3,(H,15,17)/t11-/m1/s1. The summed E-state index contributed by atoms with van der Waals surface area (Å²) in [6.45, 7) is 3.88. The van der Waals surface area contributed by atoms with E-state index in [-0.39, 0.29) is 24.5 Å². The Balaban J connectivity index is 2.44. The lowest BCUT2D eigenvalue weighted by atomic mass is 10.1. The van der Waals surface area contributed by atoms with Gasteiger partial charge in [0.1, 0.15) is 0 Å². The first-order valence-corrected chi connectivity index (χ1v) is 7.18. The van der Waals surface area contributed by atoms with Crippen LogP contribution in [0.15, 0.2) is 29.2 Å². The average Bonchev–Trinajstić information content (AvgIpc) is 2.34. The highest BCUT2D eigenvalue weighted by Crippen LogP contribution is 2.26. The average molecular weight is 288 g/mol. The lowest BCUT2D eigenvalue weighted by Crippen LogP contribution is -2.41. The van der Waals surface area contributed by atoms with E-state index in [1.807, 2.05) is 32.0 Å². The Labute approximate surface area is 117 Å². The van der Waals surface area contributed by atoms with Gasteiger partial charge < -0.3 is 10.4 Å². The molecule has 0 spiro atoms. The number of aliphatic hydroxyl groups is 1. The third kappa shape index (κ3) is 4.88. The van der Waals surface area contributed by atoms with Crippen LogP contribution in [0.25, 0.3) is 0 Å². The molecule has 1 aromatic rings. The minimum Gasteiger partial charge on any atom is -0.394 e. The van der Waals surface area contributed by atoms with Crippen molar-refractivity contribution in [3.63, 3.8) is 0 Å². The van der Waals surface area contributed by atoms with Crippen LogP contribution in [0.1, 0.15) is 13.8 Å². The summed E-state index contributed by atoms with van der Waals surface area (Å²) >= 11 is 7.39. The summed E-state index contributed by atoms with van der Waals surface area (Å²) in [6, 6.07) is 7.23. The number of nitrogens with one attached hydrogen (secondary N) is 1. The lowest BCUT2D eigenvalue weighted by Gasteiger charge is -2.19. The minimum absolute atomic E-state index is 0.0415. The largest absolute Gasteiger partial charge is 0.394 e. The van der Waals surface area contributed by atoms with E-state index in [4.69, 9.17) is 16.7 Å². The van der Waals surface area contributed by atoms with Crippen LogP contribution < -0.4 is 5.32 Å². The van der Waals surface area contributed by atoms with E-state index < -0.39 is 0 Å². The maximum absolute atomic E-state index is 11.7. The number of hydrogen-bond donors (Lipinski definition) is 2. The Morgan fingerprint density at radius 1 is 1.44 bits per heavy atom. The summed E-state index contributed by atoms with van der Waals surface area (Å²) in [5.74, 6) is 0.421. The molecular formula is C13H18ClNO2S. The third-order valence-electron chi connectivity index (χ3n) is 2.54. The van der Waals surface area contributed by atoms with Gasteiger partial charge in [-0.05, 0) is 18.1 Å². The van der Waals surface area contributed by atoms with Crippen LogP contribution in [0.3, 0.4) is 0 Å². The number of benzene rings is 1. The van der Waals surface area contributed by atoms with E-state index in [2.05, 4.69) is 5.32 Å². The molecule has 1 aromatic carbocycles. The molecule has 1 rings (SSSR count). The molecule has 0 unspecified atom stereocenters. The number of rotatable bonds is 6. The van der Waals surface area contributed by atoms with E-state index in [1.165, 1.54) is 11.8 Å². The molecule has 0 aromatic heterocycles. The molecule has 100 valence electrons. The van der Waals surface area contributed by atoms with Crippen molar-refractivity contribution in [3.8, 4) is 0 Å². The number of thioether (sulfide) groups is 1. The highest BCUT2D eigenvalue weighted by atomic mass is 35.5. The monoisotopic (exact) mass is 287 g/mol. The molecular weight excluding hydrogens is 270 g/mol. The molecule has 2 N–H and O–H groups in total. The van der Waals surface area contributed by atoms with Crippen molar-refractivity contribution in [3.05, 3.63) is 29.3 Å². The normalized spacial score (nSPS) is 12.5. The van der Waals surface area contributed by atoms with Crippen molar-refractivity contribution >= 4 is 29.3 Å². The Morgan fingerprint density at radius 3 is 2.67 bits per heavy atom. The van der Waals surface area contributed by atoms with E-state index in [1.54, 1.807) is 6.07 Å². The second kappa shape index (κ2) is 7.67. The van der Waals surface area contributed by atoms with Crippen molar-refractivity contribution in [2.24, 2.45) is 5.92 Å². The topological polar surface area (TPSA) is 49.3 Å². The number of carbonyl (C=O) groups excluding carboxylic acids is 1. The lowest BCUT2D eigenvalue weighted by molar-refractivity contribution is -0.119. The van der Waals surface area contributed by atoms with Crippen LogP contribution in [-0.2, 0) is 4.79 Å². The number of hydrogen-bond acceptors (Lipinski definition) is 3. The molecule has 0 aliphatic rings. The van der Waals surface area contributed by atoms with Crippen LogP contribution in [0.2, 0.25) is 5.02 Å². The predicted octanol–water partition coefficient (Wildman–Crippen LogP) is 2.57. The van der Waals surface area contributed by atoms with Crippen molar-refractivity contribution < 1.29 is 9.90 Å². The number of amides is 1. The van der Waals surface area contributed by atoms with Gasteiger partial charge in [0.15, 0.2) is 0 Å². The van der Waals surface area contributed by atoms with Gasteiger partial charge in [0.25, 0.3) is 0 Å². The van der Waals surface area contributed by atoms with E-state index in [0.29, 0.717) is 10.8 Å². The zero-order valence-corrected chi connectivity index (χ0v) is 12.1. The van der Waals surface area contributed by atoms with Gasteiger partial charge >= 0.3 is 0 Å². The van der Waals surface area contributed by atoms with E-state index in [9.17, 15) is 4.79 Å². The molecule has 0 bridgehead atoms. The smallest absolute Gasteiger partial charge is 0.230 e. The van der Waals surface area contributed by atoms with Gasteiger partial charge in [-0.25, -0.2) is 0 Å². The summed E-state index contributed by atoms with van der Waals surface area (Å²) in [5, 5.41) is 12.6. The first kappa shape index (κ1) is 15.3. The molecule has 0 saturated carbocycles. The SMILES string of the molecule is CC(C)[C@@H](CO)NC(=O)CSc1ccccc1Cl. The Kier molecular flexibility index (Phi) is 6.54. The fourth-order valence-corrected chi connectivity index (χ4v) is 2.43. The number of halogens is 1. The highest BCUT2D eigenvalue weighted by Gasteiger charge is 2.15. The van der Waals surface area contributed by atoms with Gasteiger partial charge in [-0.3, -0.25) is 4.79 Å². The maximum atomic E-state index is 11.7. The highest BCUT2D eigenvalue weighted by molar-refractivity contribution is 8.00. The van der Waals surface area contributed by atoms with Crippen LogP contribution >= 0.6 is 23.4 Å². The van der Waals surface area contributed by atoms with Crippen molar-refractivity contribution in [1.82, 2.24) is 5.32 Å². The maximum Gasteiger partial charge on any atom is 0.230 e. The fourth-order valence-electron chi connectivity index (χ4n) is 1.38. The first-order chi connectivity index (χ1) is 8.54. The van der Waals surface area contributed by atoms with Gasteiger partial charge in [-0.15, -0.1) is 11.8 Å². The predicted molar refractivity (Wildman–Crippen MR) is 76.0 cm³/mol. The molecule has 1 amide bonds. The van der Waals surface area contributed by atoms with Crippen molar-refractivity contribution in [2.75, 3.05) is 12.4 Å². The minimum atomic E-state index is -0.190. The van der Waals surface area contributed by atoms with Crippen LogP contribution in [0, 0.1) is 5.92 Å². The zero-order valence-electron chi connectivity index (χ0n) is 10.5. The van der Waals surface area contributed by atoms with E-state index >= 15 is 0 Å². The second-order valence-electron chi connectivity index (χ2n) is 4.32. The molecule has 3 nitrogen and oxygen atoms in total. The molecule has 5 heteroatoms. The zero-order chi connectivity index (χ0) is 13.5. The van der Waals surface area contributed by atoms with Gasteiger partial charge in [-0.1, -0.05) is 37.6 Å². The molecule has 0 radical (unpaired) electrons. The number of carbonyl (C=O) groups is 1. The summed E-state index contributed by atoms with van der Waals surface area (Å²) in [4.78, 5) is 12.6. The van der Waals surface area contributed by atoms with Gasteiger partial charge in [0.2, 0.25) is 5.91 Å². The summed E-state index contributed by atoms with van der Waals surface area (Å²) < 4.78 is 0. The molecule has 0 saturated heterocycles. The first-order valence-electron chi connectivity index (χ1n) is 5.82. The van der Waals surface area contributed by atoms with E-state index in [0.717, 1.165) is 4.90 Å². The second-order valence-corrected chi connectivity index (χ2v) is 5.74. The Bertz CT molecular complexity index is 398. The van der Waals surface area contributed by atoms with Crippen molar-refractivity contribution in [1.29, 1.82) is 0 Å². The van der Waals surface area contributed by atoms with Gasteiger partial charge in [0, 0.05) is 4.90 Å². The molecule has 0 aliphatic carbocycles. The number of aliphatic hydroxyl groups excluding tert-OH is 1. The summed E-state index contributed by atoms with van der Waals surface area (Å²) in [6.07, 6.45) is 0. The van der Waals surface area contributed by atoms with Crippen molar-refractivity contribution in [2.45, 2.75) is 24.8 Å². The Hall–Kier alpha value is -0.710. The summed E-state index contributed by atoms with van der Waals surface area (Å²) in [7, 11) is 0. The van der Waals surface area contributed by atoms with Gasteiger partial charge in [0.05, 0.1) is 23.4 Å². The Morgan fingerprint density at radius 2 is 2.11 bits per heavy atom. The molecule has 0 aliphatic heterocycles. The van der Waals surface area contributed by atoms with Crippen LogP contribution in [0.4, 0.5) is 0 Å². The summed E-state index contributed by atoms with van der Waals surface area (Å²) in [5.41, 5.74) is 0. The van der Waals surface area contributed by atoms with Crippen LogP contribution in [0.5, 0.6) is 0 Å². The third-order valence-corrected chi connectivity index (χ3v) is 4.06. The molecule has 18 heavy (non-hydrogen) atoms. The quantitative estimate of drug-likeness (QED) is 0.791. The van der Waals surface area contributed by atoms with Crippen LogP contribution in [-0.4, -0.2) is 29.4 Å². The molecule has 0 fully saturated rings. The molecule has 0 heterocycles.